The van der Waals surface area contributed by atoms with E-state index in [4.69, 9.17) is 0 Å². The third kappa shape index (κ3) is 3.32. The van der Waals surface area contributed by atoms with E-state index < -0.39 is 0 Å². The second kappa shape index (κ2) is 6.00. The van der Waals surface area contributed by atoms with Crippen LogP contribution in [0.3, 0.4) is 0 Å². The summed E-state index contributed by atoms with van der Waals surface area (Å²) in [4.78, 5) is 13.2. The van der Waals surface area contributed by atoms with E-state index >= 15 is 0 Å². The lowest BCUT2D eigenvalue weighted by atomic mass is 9.57. The van der Waals surface area contributed by atoms with Crippen LogP contribution in [0.2, 0.25) is 0 Å². The standard InChI is InChI=1S/C23H36O/c1-10-17-11-15(2)16(3)12-23(17)13-18(21(4,5)6)20(24)19(14-23)22(7,8)9/h13-14,17H,10-12H2,1-9H3. The van der Waals surface area contributed by atoms with Crippen molar-refractivity contribution in [1.82, 2.24) is 0 Å². The van der Waals surface area contributed by atoms with Crippen LogP contribution in [0, 0.1) is 22.2 Å². The minimum Gasteiger partial charge on any atom is -0.289 e. The quantitative estimate of drug-likeness (QED) is 0.492. The number of Topliss-reactive ketones (excluding diaryl/α,β-unsaturated/α-hetero) is 1. The number of ketones is 1. The molecule has 0 aromatic heterocycles. The summed E-state index contributed by atoms with van der Waals surface area (Å²) in [5.74, 6) is 0.850. The van der Waals surface area contributed by atoms with Gasteiger partial charge in [0.2, 0.25) is 0 Å². The molecule has 134 valence electrons. The van der Waals surface area contributed by atoms with Crippen molar-refractivity contribution in [3.63, 3.8) is 0 Å². The number of hydrogen-bond acceptors (Lipinski definition) is 1. The average Bonchev–Trinajstić information content (AvgIpc) is 2.42. The van der Waals surface area contributed by atoms with Crippen molar-refractivity contribution < 1.29 is 4.79 Å². The lowest BCUT2D eigenvalue weighted by Crippen LogP contribution is -2.39. The van der Waals surface area contributed by atoms with Crippen LogP contribution >= 0.6 is 0 Å². The van der Waals surface area contributed by atoms with E-state index in [0.29, 0.717) is 5.92 Å². The van der Waals surface area contributed by atoms with Crippen molar-refractivity contribution in [2.45, 2.75) is 81.6 Å². The van der Waals surface area contributed by atoms with Crippen LogP contribution in [-0.2, 0) is 4.79 Å². The minimum absolute atomic E-state index is 0.0114. The molecular weight excluding hydrogens is 292 g/mol. The topological polar surface area (TPSA) is 17.1 Å². The highest BCUT2D eigenvalue weighted by molar-refractivity contribution is 6.11. The summed E-state index contributed by atoms with van der Waals surface area (Å²) < 4.78 is 0. The fraction of sp³-hybridized carbons (Fsp3) is 0.696. The fourth-order valence-corrected chi connectivity index (χ4v) is 4.32. The Labute approximate surface area is 149 Å². The van der Waals surface area contributed by atoms with Gasteiger partial charge >= 0.3 is 0 Å². The molecule has 0 radical (unpaired) electrons. The van der Waals surface area contributed by atoms with Gasteiger partial charge in [0.1, 0.15) is 0 Å². The maximum atomic E-state index is 13.2. The monoisotopic (exact) mass is 328 g/mol. The molecule has 0 amide bonds. The highest BCUT2D eigenvalue weighted by atomic mass is 16.1. The van der Waals surface area contributed by atoms with E-state index in [0.717, 1.165) is 30.4 Å². The van der Waals surface area contributed by atoms with Crippen LogP contribution in [0.25, 0.3) is 0 Å². The van der Waals surface area contributed by atoms with Gasteiger partial charge in [-0.3, -0.25) is 4.79 Å². The van der Waals surface area contributed by atoms with Crippen LogP contribution in [0.4, 0.5) is 0 Å². The third-order valence-corrected chi connectivity index (χ3v) is 6.04. The fourth-order valence-electron chi connectivity index (χ4n) is 4.32. The van der Waals surface area contributed by atoms with E-state index in [-0.39, 0.29) is 22.0 Å². The van der Waals surface area contributed by atoms with E-state index in [2.05, 4.69) is 74.5 Å². The summed E-state index contributed by atoms with van der Waals surface area (Å²) in [6, 6.07) is 0. The van der Waals surface area contributed by atoms with Gasteiger partial charge in [-0.25, -0.2) is 0 Å². The number of carbonyl (C=O) groups is 1. The van der Waals surface area contributed by atoms with Gasteiger partial charge in [0.25, 0.3) is 0 Å². The maximum absolute atomic E-state index is 13.2. The van der Waals surface area contributed by atoms with Gasteiger partial charge < -0.3 is 0 Å². The number of rotatable bonds is 1. The molecule has 0 N–H and O–H groups in total. The molecule has 2 rings (SSSR count). The van der Waals surface area contributed by atoms with Gasteiger partial charge in [-0.15, -0.1) is 0 Å². The molecule has 1 unspecified atom stereocenters. The maximum Gasteiger partial charge on any atom is 0.185 e. The Kier molecular flexibility index (Phi) is 4.81. The molecule has 1 spiro atoms. The molecule has 2 aliphatic carbocycles. The summed E-state index contributed by atoms with van der Waals surface area (Å²) in [5.41, 5.74) is 4.86. The van der Waals surface area contributed by atoms with Crippen LogP contribution in [0.15, 0.2) is 34.4 Å². The third-order valence-electron chi connectivity index (χ3n) is 6.04. The van der Waals surface area contributed by atoms with Crippen molar-refractivity contribution in [3.05, 3.63) is 34.4 Å². The summed E-state index contributed by atoms with van der Waals surface area (Å²) in [5, 5.41) is 0. The normalized spacial score (nSPS) is 25.0. The summed E-state index contributed by atoms with van der Waals surface area (Å²) >= 11 is 0. The first-order valence-corrected chi connectivity index (χ1v) is 9.48. The lowest BCUT2D eigenvalue weighted by molar-refractivity contribution is -0.114. The van der Waals surface area contributed by atoms with Crippen LogP contribution < -0.4 is 0 Å². The minimum atomic E-state index is -0.114. The van der Waals surface area contributed by atoms with E-state index in [1.165, 1.54) is 5.57 Å². The number of allylic oxidation sites excluding steroid dienone is 6. The van der Waals surface area contributed by atoms with Crippen molar-refractivity contribution in [2.75, 3.05) is 0 Å². The predicted octanol–water partition coefficient (Wildman–Crippen LogP) is 6.66. The Balaban J connectivity index is 2.72. The molecule has 0 saturated carbocycles. The number of hydrogen-bond donors (Lipinski definition) is 0. The Hall–Kier alpha value is -1.11. The van der Waals surface area contributed by atoms with Gasteiger partial charge in [-0.1, -0.05) is 78.2 Å². The molecule has 1 atom stereocenters. The Morgan fingerprint density at radius 2 is 1.42 bits per heavy atom. The highest BCUT2D eigenvalue weighted by Gasteiger charge is 2.45. The molecule has 24 heavy (non-hydrogen) atoms. The van der Waals surface area contributed by atoms with E-state index in [1.807, 2.05) is 0 Å². The van der Waals surface area contributed by atoms with Crippen LogP contribution in [-0.4, -0.2) is 5.78 Å². The smallest absolute Gasteiger partial charge is 0.185 e. The SMILES string of the molecule is CCC1CC(C)=C(C)CC12C=C(C(C)(C)C)C(=O)C(C(C)(C)C)=C2. The van der Waals surface area contributed by atoms with Gasteiger partial charge in [0.05, 0.1) is 0 Å². The first-order valence-electron chi connectivity index (χ1n) is 9.48. The zero-order valence-electron chi connectivity index (χ0n) is 17.3. The summed E-state index contributed by atoms with van der Waals surface area (Å²) in [6.45, 7) is 19.9. The molecule has 0 fully saturated rings. The lowest BCUT2D eigenvalue weighted by Gasteiger charge is -2.46. The second-order valence-corrected chi connectivity index (χ2v) is 10.1. The molecule has 1 heteroatoms. The van der Waals surface area contributed by atoms with Crippen molar-refractivity contribution in [3.8, 4) is 0 Å². The zero-order chi connectivity index (χ0) is 18.5. The zero-order valence-corrected chi connectivity index (χ0v) is 17.3. The molecule has 0 saturated heterocycles. The van der Waals surface area contributed by atoms with Crippen LogP contribution in [0.5, 0.6) is 0 Å². The van der Waals surface area contributed by atoms with Crippen molar-refractivity contribution in [1.29, 1.82) is 0 Å². The summed E-state index contributed by atoms with van der Waals surface area (Å²) in [7, 11) is 0. The molecule has 0 bridgehead atoms. The van der Waals surface area contributed by atoms with Crippen molar-refractivity contribution in [2.24, 2.45) is 22.2 Å². The summed E-state index contributed by atoms with van der Waals surface area (Å²) in [6.07, 6.45) is 8.08. The first-order chi connectivity index (χ1) is 10.8. The predicted molar refractivity (Wildman–Crippen MR) is 104 cm³/mol. The first kappa shape index (κ1) is 19.2. The number of carbonyl (C=O) groups excluding carboxylic acids is 1. The molecule has 0 aliphatic heterocycles. The Bertz CT molecular complexity index is 592. The van der Waals surface area contributed by atoms with Gasteiger partial charge in [0.15, 0.2) is 5.78 Å². The van der Waals surface area contributed by atoms with Gasteiger partial charge in [-0.05, 0) is 43.4 Å². The van der Waals surface area contributed by atoms with E-state index in [1.54, 1.807) is 5.57 Å². The molecular formula is C23H36O. The van der Waals surface area contributed by atoms with Gasteiger partial charge in [0, 0.05) is 16.6 Å². The largest absolute Gasteiger partial charge is 0.289 e. The second-order valence-electron chi connectivity index (χ2n) is 10.1. The van der Waals surface area contributed by atoms with Crippen LogP contribution in [0.1, 0.15) is 81.6 Å². The van der Waals surface area contributed by atoms with Crippen molar-refractivity contribution >= 4 is 5.78 Å². The molecule has 1 nitrogen and oxygen atoms in total. The Morgan fingerprint density at radius 1 is 0.958 bits per heavy atom. The molecule has 2 aliphatic rings. The molecule has 0 aromatic rings. The van der Waals surface area contributed by atoms with E-state index in [9.17, 15) is 4.79 Å². The molecule has 0 aromatic carbocycles. The Morgan fingerprint density at radius 3 is 1.79 bits per heavy atom. The molecule has 0 heterocycles. The average molecular weight is 329 g/mol. The van der Waals surface area contributed by atoms with Gasteiger partial charge in [-0.2, -0.15) is 0 Å². The highest BCUT2D eigenvalue weighted by Crippen LogP contribution is 2.53.